The van der Waals surface area contributed by atoms with Crippen LogP contribution in [0.2, 0.25) is 0 Å². The molecule has 0 atom stereocenters. The average molecular weight is 393 g/mol. The van der Waals surface area contributed by atoms with Crippen molar-refractivity contribution in [3.63, 3.8) is 0 Å². The highest BCUT2D eigenvalue weighted by molar-refractivity contribution is 7.92. The Morgan fingerprint density at radius 2 is 1.70 bits per heavy atom. The van der Waals surface area contributed by atoms with E-state index in [-0.39, 0.29) is 28.6 Å². The summed E-state index contributed by atoms with van der Waals surface area (Å²) in [6, 6.07) is 10.5. The van der Waals surface area contributed by atoms with Crippen LogP contribution < -0.4 is 9.04 Å². The molecule has 0 aliphatic carbocycles. The van der Waals surface area contributed by atoms with E-state index < -0.39 is 14.9 Å². The van der Waals surface area contributed by atoms with Gasteiger partial charge in [-0.2, -0.15) is 0 Å². The fraction of sp³-hybridized carbons (Fsp3) is 0.333. The molecule has 0 aliphatic rings. The third-order valence-electron chi connectivity index (χ3n) is 4.01. The number of rotatable bonds is 8. The number of anilines is 1. The molecule has 0 radical (unpaired) electrons. The summed E-state index contributed by atoms with van der Waals surface area (Å²) < 4.78 is 32.6. The van der Waals surface area contributed by atoms with Gasteiger partial charge in [0.15, 0.2) is 0 Å². The van der Waals surface area contributed by atoms with Crippen LogP contribution in [0.25, 0.3) is 0 Å². The molecule has 27 heavy (non-hydrogen) atoms. The van der Waals surface area contributed by atoms with Crippen LogP contribution in [0, 0.1) is 17.0 Å². The Balaban J connectivity index is 2.61. The molecule has 0 N–H and O–H groups in total. The second-order valence-corrected chi connectivity index (χ2v) is 8.17. The lowest BCUT2D eigenvalue weighted by atomic mass is 10.2. The van der Waals surface area contributed by atoms with Crippen molar-refractivity contribution in [2.45, 2.75) is 11.8 Å². The maximum Gasteiger partial charge on any atom is 0.297 e. The van der Waals surface area contributed by atoms with Crippen molar-refractivity contribution in [1.29, 1.82) is 0 Å². The van der Waals surface area contributed by atoms with Gasteiger partial charge in [0.25, 0.3) is 15.7 Å². The molecule has 0 bridgehead atoms. The number of likely N-dealkylation sites (N-methyl/N-ethyl adjacent to an activating group) is 1. The molecule has 0 aliphatic heterocycles. The van der Waals surface area contributed by atoms with Gasteiger partial charge >= 0.3 is 0 Å². The minimum Gasteiger partial charge on any atom is -0.496 e. The molecular weight excluding hydrogens is 370 g/mol. The minimum atomic E-state index is -3.98. The van der Waals surface area contributed by atoms with Crippen LogP contribution in [0.5, 0.6) is 5.75 Å². The molecule has 0 aromatic heterocycles. The van der Waals surface area contributed by atoms with Crippen LogP contribution >= 0.6 is 0 Å². The number of nitro groups is 1. The number of benzene rings is 2. The molecule has 146 valence electrons. The zero-order valence-electron chi connectivity index (χ0n) is 15.7. The predicted octanol–water partition coefficient (Wildman–Crippen LogP) is 2.67. The van der Waals surface area contributed by atoms with Crippen molar-refractivity contribution in [2.75, 3.05) is 38.6 Å². The van der Waals surface area contributed by atoms with Crippen molar-refractivity contribution in [1.82, 2.24) is 4.90 Å². The number of hydrogen-bond acceptors (Lipinski definition) is 6. The van der Waals surface area contributed by atoms with Gasteiger partial charge in [-0.3, -0.25) is 14.4 Å². The van der Waals surface area contributed by atoms with Crippen LogP contribution in [0.1, 0.15) is 5.56 Å². The Hall–Kier alpha value is -2.65. The van der Waals surface area contributed by atoms with Crippen molar-refractivity contribution in [3.05, 3.63) is 58.1 Å². The quantitative estimate of drug-likeness (QED) is 0.506. The molecular formula is C18H23N3O5S. The van der Waals surface area contributed by atoms with Gasteiger partial charge in [0.1, 0.15) is 11.4 Å². The van der Waals surface area contributed by atoms with Crippen LogP contribution in [0.15, 0.2) is 47.4 Å². The number of hydrogen-bond donors (Lipinski definition) is 0. The van der Waals surface area contributed by atoms with Crippen LogP contribution in [-0.4, -0.2) is 52.5 Å². The van der Waals surface area contributed by atoms with Crippen molar-refractivity contribution in [3.8, 4) is 5.75 Å². The normalized spacial score (nSPS) is 11.4. The molecule has 8 nitrogen and oxygen atoms in total. The summed E-state index contributed by atoms with van der Waals surface area (Å²) >= 11 is 0. The Bertz CT molecular complexity index is 911. The highest BCUT2D eigenvalue weighted by Gasteiger charge is 2.30. The minimum absolute atomic E-state index is 0.00299. The van der Waals surface area contributed by atoms with E-state index in [9.17, 15) is 18.5 Å². The number of nitro benzene ring substituents is 1. The molecule has 2 aromatic carbocycles. The lowest BCUT2D eigenvalue weighted by molar-refractivity contribution is -0.384. The summed E-state index contributed by atoms with van der Waals surface area (Å²) in [5.74, 6) is 0.283. The van der Waals surface area contributed by atoms with Gasteiger partial charge in [0.05, 0.1) is 23.0 Å². The second-order valence-electron chi connectivity index (χ2n) is 6.31. The monoisotopic (exact) mass is 393 g/mol. The Morgan fingerprint density at radius 3 is 2.22 bits per heavy atom. The van der Waals surface area contributed by atoms with E-state index in [0.717, 1.165) is 9.87 Å². The van der Waals surface area contributed by atoms with Gasteiger partial charge in [0, 0.05) is 13.1 Å². The fourth-order valence-corrected chi connectivity index (χ4v) is 3.96. The SMILES string of the molecule is COc1ccc(N(CCN(C)C)S(=O)(=O)c2ccc(C)cc2)c([N+](=O)[O-])c1. The summed E-state index contributed by atoms with van der Waals surface area (Å²) in [7, 11) is 1.02. The summed E-state index contributed by atoms with van der Waals surface area (Å²) in [6.45, 7) is 2.32. The number of aryl methyl sites for hydroxylation is 1. The number of ether oxygens (including phenoxy) is 1. The Kier molecular flexibility index (Phi) is 6.40. The van der Waals surface area contributed by atoms with E-state index in [0.29, 0.717) is 6.54 Å². The third kappa shape index (κ3) is 4.75. The summed E-state index contributed by atoms with van der Waals surface area (Å²) in [6.07, 6.45) is 0. The Morgan fingerprint density at radius 1 is 1.07 bits per heavy atom. The van der Waals surface area contributed by atoms with Gasteiger partial charge in [0.2, 0.25) is 0 Å². The first-order chi connectivity index (χ1) is 12.7. The van der Waals surface area contributed by atoms with Gasteiger partial charge < -0.3 is 9.64 Å². The van der Waals surface area contributed by atoms with E-state index in [1.165, 1.54) is 37.4 Å². The predicted molar refractivity (Wildman–Crippen MR) is 104 cm³/mol. The molecule has 0 unspecified atom stereocenters. The van der Waals surface area contributed by atoms with Crippen LogP contribution in [0.4, 0.5) is 11.4 Å². The number of nitrogens with zero attached hydrogens (tertiary/aromatic N) is 3. The fourth-order valence-electron chi connectivity index (χ4n) is 2.49. The van der Waals surface area contributed by atoms with Crippen LogP contribution in [-0.2, 0) is 10.0 Å². The molecule has 9 heteroatoms. The summed E-state index contributed by atoms with van der Waals surface area (Å²) in [5.41, 5.74) is 0.594. The first-order valence-corrected chi connectivity index (χ1v) is 9.67. The number of sulfonamides is 1. The largest absolute Gasteiger partial charge is 0.496 e. The van der Waals surface area contributed by atoms with Crippen molar-refractivity contribution < 1.29 is 18.1 Å². The number of methoxy groups -OCH3 is 1. The maximum absolute atomic E-state index is 13.2. The lowest BCUT2D eigenvalue weighted by Crippen LogP contribution is -2.37. The van der Waals surface area contributed by atoms with Gasteiger partial charge in [-0.05, 0) is 45.3 Å². The van der Waals surface area contributed by atoms with Gasteiger partial charge in [-0.25, -0.2) is 8.42 Å². The molecule has 0 saturated carbocycles. The topological polar surface area (TPSA) is 93.0 Å². The zero-order valence-corrected chi connectivity index (χ0v) is 16.6. The first kappa shape index (κ1) is 20.7. The second kappa shape index (κ2) is 8.36. The standard InChI is InChI=1S/C18H23N3O5S/c1-14-5-8-16(9-6-14)27(24,25)20(12-11-19(2)3)17-10-7-15(26-4)13-18(17)21(22)23/h5-10,13H,11-12H2,1-4H3. The maximum atomic E-state index is 13.2. The zero-order chi connectivity index (χ0) is 20.2. The molecule has 0 spiro atoms. The Labute approximate surface area is 159 Å². The van der Waals surface area contributed by atoms with Crippen molar-refractivity contribution in [2.24, 2.45) is 0 Å². The average Bonchev–Trinajstić information content (AvgIpc) is 2.61. The van der Waals surface area contributed by atoms with E-state index >= 15 is 0 Å². The smallest absolute Gasteiger partial charge is 0.297 e. The van der Waals surface area contributed by atoms with E-state index in [1.807, 2.05) is 11.8 Å². The molecule has 0 heterocycles. The molecule has 2 aromatic rings. The highest BCUT2D eigenvalue weighted by Crippen LogP contribution is 2.35. The van der Waals surface area contributed by atoms with E-state index in [4.69, 9.17) is 4.74 Å². The molecule has 0 saturated heterocycles. The molecule has 2 rings (SSSR count). The lowest BCUT2D eigenvalue weighted by Gasteiger charge is -2.26. The van der Waals surface area contributed by atoms with Gasteiger partial charge in [-0.1, -0.05) is 17.7 Å². The molecule has 0 fully saturated rings. The summed E-state index contributed by atoms with van der Waals surface area (Å²) in [5, 5.41) is 11.6. The molecule has 0 amide bonds. The van der Waals surface area contributed by atoms with Gasteiger partial charge in [-0.15, -0.1) is 0 Å². The van der Waals surface area contributed by atoms with Crippen LogP contribution in [0.3, 0.4) is 0 Å². The first-order valence-electron chi connectivity index (χ1n) is 8.23. The van der Waals surface area contributed by atoms with Crippen molar-refractivity contribution >= 4 is 21.4 Å². The van der Waals surface area contributed by atoms with E-state index in [1.54, 1.807) is 26.2 Å². The third-order valence-corrected chi connectivity index (χ3v) is 5.83. The summed E-state index contributed by atoms with van der Waals surface area (Å²) in [4.78, 5) is 12.8. The highest BCUT2D eigenvalue weighted by atomic mass is 32.2. The van der Waals surface area contributed by atoms with E-state index in [2.05, 4.69) is 0 Å².